The smallest absolute Gasteiger partial charge is 0.0133 e. The van der Waals surface area contributed by atoms with Gasteiger partial charge in [-0.15, -0.1) is 0 Å². The molecular weight excluding hydrogens is 182 g/mol. The zero-order valence-electron chi connectivity index (χ0n) is 10.3. The molecule has 0 radical (unpaired) electrons. The van der Waals surface area contributed by atoms with Gasteiger partial charge in [-0.2, -0.15) is 0 Å². The van der Waals surface area contributed by atoms with Gasteiger partial charge in [0.25, 0.3) is 0 Å². The highest BCUT2D eigenvalue weighted by Gasteiger charge is 2.14. The fourth-order valence-electron chi connectivity index (χ4n) is 1.78. The second-order valence-corrected chi connectivity index (χ2v) is 4.86. The van der Waals surface area contributed by atoms with E-state index in [-0.39, 0.29) is 0 Å². The molecule has 15 heavy (non-hydrogen) atoms. The van der Waals surface area contributed by atoms with E-state index in [1.807, 2.05) is 0 Å². The molecular formula is C14H23N. The predicted octanol–water partition coefficient (Wildman–Crippen LogP) is 3.25. The monoisotopic (exact) mass is 205 g/mol. The van der Waals surface area contributed by atoms with Gasteiger partial charge in [0.05, 0.1) is 0 Å². The predicted molar refractivity (Wildman–Crippen MR) is 67.0 cm³/mol. The van der Waals surface area contributed by atoms with Gasteiger partial charge in [-0.1, -0.05) is 58.0 Å². The summed E-state index contributed by atoms with van der Waals surface area (Å²) in [5.41, 5.74) is 1.42. The Balaban J connectivity index is 2.59. The average molecular weight is 205 g/mol. The highest BCUT2D eigenvalue weighted by molar-refractivity contribution is 5.16. The second kappa shape index (κ2) is 5.92. The summed E-state index contributed by atoms with van der Waals surface area (Å²) in [7, 11) is 0. The van der Waals surface area contributed by atoms with E-state index in [9.17, 15) is 0 Å². The summed E-state index contributed by atoms with van der Waals surface area (Å²) in [6.07, 6.45) is 1.12. The van der Waals surface area contributed by atoms with Gasteiger partial charge in [0.1, 0.15) is 0 Å². The molecule has 0 saturated carbocycles. The third-order valence-electron chi connectivity index (χ3n) is 2.65. The van der Waals surface area contributed by atoms with E-state index in [4.69, 9.17) is 0 Å². The lowest BCUT2D eigenvalue weighted by Crippen LogP contribution is -2.40. The van der Waals surface area contributed by atoms with Gasteiger partial charge < -0.3 is 5.32 Å². The Labute approximate surface area is 93.9 Å². The SMILES string of the molecule is CC(C)N[C@@H](Cc1ccccc1)C(C)C. The molecule has 0 bridgehead atoms. The molecule has 0 aromatic heterocycles. The summed E-state index contributed by atoms with van der Waals surface area (Å²) in [5.74, 6) is 0.674. The average Bonchev–Trinajstić information content (AvgIpc) is 2.17. The third kappa shape index (κ3) is 4.48. The molecule has 1 heteroatoms. The quantitative estimate of drug-likeness (QED) is 0.778. The minimum atomic E-state index is 0.557. The summed E-state index contributed by atoms with van der Waals surface area (Å²) in [6, 6.07) is 11.8. The zero-order chi connectivity index (χ0) is 11.3. The largest absolute Gasteiger partial charge is 0.311 e. The van der Waals surface area contributed by atoms with Gasteiger partial charge in [0.2, 0.25) is 0 Å². The number of hydrogen-bond donors (Lipinski definition) is 1. The summed E-state index contributed by atoms with van der Waals surface area (Å²) >= 11 is 0. The van der Waals surface area contributed by atoms with Crippen molar-refractivity contribution in [1.29, 1.82) is 0 Å². The molecule has 1 N–H and O–H groups in total. The molecule has 1 aromatic rings. The van der Waals surface area contributed by atoms with Crippen LogP contribution in [0.15, 0.2) is 30.3 Å². The molecule has 0 amide bonds. The Morgan fingerprint density at radius 1 is 1.00 bits per heavy atom. The van der Waals surface area contributed by atoms with Gasteiger partial charge in [-0.25, -0.2) is 0 Å². The van der Waals surface area contributed by atoms with E-state index >= 15 is 0 Å². The van der Waals surface area contributed by atoms with Crippen molar-refractivity contribution in [1.82, 2.24) is 5.32 Å². The molecule has 0 aliphatic carbocycles. The molecule has 0 aliphatic rings. The van der Waals surface area contributed by atoms with Crippen LogP contribution < -0.4 is 5.32 Å². The molecule has 0 spiro atoms. The second-order valence-electron chi connectivity index (χ2n) is 4.86. The van der Waals surface area contributed by atoms with Crippen molar-refractivity contribution in [2.24, 2.45) is 5.92 Å². The maximum atomic E-state index is 3.63. The van der Waals surface area contributed by atoms with Crippen molar-refractivity contribution in [3.8, 4) is 0 Å². The Hall–Kier alpha value is -0.820. The minimum Gasteiger partial charge on any atom is -0.311 e. The van der Waals surface area contributed by atoms with Crippen molar-refractivity contribution in [3.05, 3.63) is 35.9 Å². The standard InChI is InChI=1S/C14H23N/c1-11(2)14(15-12(3)4)10-13-8-6-5-7-9-13/h5-9,11-12,14-15H,10H2,1-4H3/t14-/m0/s1. The first-order valence-electron chi connectivity index (χ1n) is 5.89. The maximum Gasteiger partial charge on any atom is 0.0133 e. The number of rotatable bonds is 5. The third-order valence-corrected chi connectivity index (χ3v) is 2.65. The molecule has 0 heterocycles. The van der Waals surface area contributed by atoms with Crippen molar-refractivity contribution < 1.29 is 0 Å². The van der Waals surface area contributed by atoms with Gasteiger partial charge >= 0.3 is 0 Å². The molecule has 0 unspecified atom stereocenters. The van der Waals surface area contributed by atoms with E-state index in [0.29, 0.717) is 18.0 Å². The minimum absolute atomic E-state index is 0.557. The molecule has 1 rings (SSSR count). The lowest BCUT2D eigenvalue weighted by atomic mass is 9.96. The lowest BCUT2D eigenvalue weighted by Gasteiger charge is -2.25. The van der Waals surface area contributed by atoms with Crippen LogP contribution in [-0.4, -0.2) is 12.1 Å². The molecule has 0 saturated heterocycles. The first kappa shape index (κ1) is 12.3. The molecule has 1 atom stereocenters. The highest BCUT2D eigenvalue weighted by atomic mass is 14.9. The topological polar surface area (TPSA) is 12.0 Å². The Morgan fingerprint density at radius 2 is 1.60 bits per heavy atom. The summed E-state index contributed by atoms with van der Waals surface area (Å²) in [6.45, 7) is 8.98. The summed E-state index contributed by atoms with van der Waals surface area (Å²) < 4.78 is 0. The molecule has 0 aliphatic heterocycles. The maximum absolute atomic E-state index is 3.63. The van der Waals surface area contributed by atoms with Crippen molar-refractivity contribution in [2.75, 3.05) is 0 Å². The van der Waals surface area contributed by atoms with Crippen LogP contribution in [0.1, 0.15) is 33.3 Å². The van der Waals surface area contributed by atoms with Crippen LogP contribution in [0.2, 0.25) is 0 Å². The van der Waals surface area contributed by atoms with E-state index in [2.05, 4.69) is 63.3 Å². The van der Waals surface area contributed by atoms with Crippen LogP contribution >= 0.6 is 0 Å². The van der Waals surface area contributed by atoms with Gasteiger partial charge in [-0.3, -0.25) is 0 Å². The molecule has 84 valence electrons. The van der Waals surface area contributed by atoms with Crippen molar-refractivity contribution >= 4 is 0 Å². The van der Waals surface area contributed by atoms with Crippen LogP contribution in [0, 0.1) is 5.92 Å². The van der Waals surface area contributed by atoms with Gasteiger partial charge in [0, 0.05) is 12.1 Å². The van der Waals surface area contributed by atoms with Gasteiger partial charge in [-0.05, 0) is 17.9 Å². The Kier molecular flexibility index (Phi) is 4.83. The normalized spacial score (nSPS) is 13.5. The number of nitrogens with one attached hydrogen (secondary N) is 1. The van der Waals surface area contributed by atoms with Crippen LogP contribution in [0.4, 0.5) is 0 Å². The summed E-state index contributed by atoms with van der Waals surface area (Å²) in [4.78, 5) is 0. The van der Waals surface area contributed by atoms with Crippen molar-refractivity contribution in [3.63, 3.8) is 0 Å². The highest BCUT2D eigenvalue weighted by Crippen LogP contribution is 2.10. The van der Waals surface area contributed by atoms with E-state index in [1.54, 1.807) is 0 Å². The van der Waals surface area contributed by atoms with Crippen LogP contribution in [0.3, 0.4) is 0 Å². The van der Waals surface area contributed by atoms with E-state index in [1.165, 1.54) is 5.56 Å². The first-order valence-corrected chi connectivity index (χ1v) is 5.89. The Bertz CT molecular complexity index is 264. The Morgan fingerprint density at radius 3 is 2.07 bits per heavy atom. The lowest BCUT2D eigenvalue weighted by molar-refractivity contribution is 0.368. The van der Waals surface area contributed by atoms with Crippen molar-refractivity contribution in [2.45, 2.75) is 46.2 Å². The summed E-state index contributed by atoms with van der Waals surface area (Å²) in [5, 5.41) is 3.63. The number of hydrogen-bond acceptors (Lipinski definition) is 1. The van der Waals surface area contributed by atoms with Crippen LogP contribution in [0.25, 0.3) is 0 Å². The fraction of sp³-hybridized carbons (Fsp3) is 0.571. The number of benzene rings is 1. The van der Waals surface area contributed by atoms with Gasteiger partial charge in [0.15, 0.2) is 0 Å². The molecule has 0 fully saturated rings. The molecule has 1 nitrogen and oxygen atoms in total. The van der Waals surface area contributed by atoms with Crippen LogP contribution in [-0.2, 0) is 6.42 Å². The van der Waals surface area contributed by atoms with E-state index in [0.717, 1.165) is 6.42 Å². The first-order chi connectivity index (χ1) is 7.09. The molecule has 1 aromatic carbocycles. The fourth-order valence-corrected chi connectivity index (χ4v) is 1.78. The van der Waals surface area contributed by atoms with Crippen LogP contribution in [0.5, 0.6) is 0 Å². The zero-order valence-corrected chi connectivity index (χ0v) is 10.3. The van der Waals surface area contributed by atoms with E-state index < -0.39 is 0 Å².